The van der Waals surface area contributed by atoms with Crippen molar-refractivity contribution in [2.24, 2.45) is 11.8 Å². The summed E-state index contributed by atoms with van der Waals surface area (Å²) < 4.78 is 23.5. The van der Waals surface area contributed by atoms with Gasteiger partial charge in [0, 0.05) is 25.2 Å². The van der Waals surface area contributed by atoms with Gasteiger partial charge in [0.2, 0.25) is 11.6 Å². The third kappa shape index (κ3) is 5.83. The molecule has 0 aromatic heterocycles. The van der Waals surface area contributed by atoms with Gasteiger partial charge >= 0.3 is 0 Å². The summed E-state index contributed by atoms with van der Waals surface area (Å²) in [6, 6.07) is 0. The molecule has 2 rings (SSSR count). The zero-order chi connectivity index (χ0) is 18.2. The average Bonchev–Trinajstić information content (AvgIpc) is 2.60. The highest BCUT2D eigenvalue weighted by Crippen LogP contribution is 2.31. The average molecular weight is 340 g/mol. The van der Waals surface area contributed by atoms with E-state index in [9.17, 15) is 0 Å². The number of hydrogen-bond acceptors (Lipinski definition) is 4. The van der Waals surface area contributed by atoms with E-state index < -0.39 is 11.6 Å². The molecule has 4 heteroatoms. The molecule has 0 aliphatic carbocycles. The molecule has 0 aromatic carbocycles. The molecule has 25 heavy (non-hydrogen) atoms. The van der Waals surface area contributed by atoms with E-state index in [1.54, 1.807) is 20.8 Å². The van der Waals surface area contributed by atoms with Crippen molar-refractivity contribution in [1.29, 1.82) is 0 Å². The van der Waals surface area contributed by atoms with E-state index in [0.717, 1.165) is 0 Å². The lowest BCUT2D eigenvalue weighted by Crippen LogP contribution is -2.48. The molecule has 0 N–H and O–H groups in total. The van der Waals surface area contributed by atoms with Gasteiger partial charge in [0.1, 0.15) is 0 Å². The number of hydrogen-bond donors (Lipinski definition) is 0. The van der Waals surface area contributed by atoms with Crippen LogP contribution in [0.3, 0.4) is 0 Å². The Labute approximate surface area is 150 Å². The molecule has 0 unspecified atom stereocenters. The van der Waals surface area contributed by atoms with Gasteiger partial charge in [-0.1, -0.05) is 18.8 Å². The monoisotopic (exact) mass is 340 g/mol. The topological polar surface area (TPSA) is 36.9 Å². The predicted octanol–water partition coefficient (Wildman–Crippen LogP) is 2.19. The van der Waals surface area contributed by atoms with E-state index in [1.165, 1.54) is 0 Å². The molecule has 132 valence electrons. The van der Waals surface area contributed by atoms with Crippen LogP contribution in [0.15, 0.2) is 0 Å². The Kier molecular flexibility index (Phi) is 6.96. The highest BCUT2D eigenvalue weighted by molar-refractivity contribution is 5.29. The minimum absolute atomic E-state index is 0.101. The molecule has 0 aromatic rings. The molecule has 2 aliphatic rings. The van der Waals surface area contributed by atoms with Crippen molar-refractivity contribution < 1.29 is 18.9 Å². The maximum atomic E-state index is 5.94. The summed E-state index contributed by atoms with van der Waals surface area (Å²) in [4.78, 5) is 0. The van der Waals surface area contributed by atoms with Gasteiger partial charge < -0.3 is 18.9 Å². The summed E-state index contributed by atoms with van der Waals surface area (Å²) in [6.07, 6.45) is 0.566. The summed E-state index contributed by atoms with van der Waals surface area (Å²) in [5.74, 6) is 21.0. The molecular formula is C21H24O4. The molecule has 4 nitrogen and oxygen atoms in total. The molecular weight excluding hydrogens is 316 g/mol. The minimum atomic E-state index is -0.944. The molecule has 0 bridgehead atoms. The summed E-state index contributed by atoms with van der Waals surface area (Å²) in [5.41, 5.74) is 0. The Balaban J connectivity index is 2.01. The van der Waals surface area contributed by atoms with E-state index in [2.05, 4.69) is 54.3 Å². The van der Waals surface area contributed by atoms with Crippen LogP contribution in [0.4, 0.5) is 0 Å². The Hall–Kier alpha value is -1.92. The summed E-state index contributed by atoms with van der Waals surface area (Å²) in [5, 5.41) is 0. The van der Waals surface area contributed by atoms with Crippen LogP contribution in [0.1, 0.15) is 34.1 Å². The van der Waals surface area contributed by atoms with E-state index in [0.29, 0.717) is 38.8 Å². The van der Waals surface area contributed by atoms with Crippen molar-refractivity contribution in [2.75, 3.05) is 26.4 Å². The van der Waals surface area contributed by atoms with E-state index in [1.807, 2.05) is 0 Å². The van der Waals surface area contributed by atoms with Crippen LogP contribution in [0.5, 0.6) is 0 Å². The van der Waals surface area contributed by atoms with Gasteiger partial charge in [-0.25, -0.2) is 0 Å². The van der Waals surface area contributed by atoms with Crippen LogP contribution >= 0.6 is 0 Å². The molecule has 2 saturated heterocycles. The Bertz CT molecular complexity index is 692. The van der Waals surface area contributed by atoms with E-state index in [-0.39, 0.29) is 5.92 Å². The molecule has 0 saturated carbocycles. The van der Waals surface area contributed by atoms with Crippen LogP contribution in [0.25, 0.3) is 0 Å². The molecule has 0 radical (unpaired) electrons. The first kappa shape index (κ1) is 19.4. The van der Waals surface area contributed by atoms with E-state index in [4.69, 9.17) is 18.9 Å². The molecule has 0 spiro atoms. The Morgan fingerprint density at radius 2 is 1.36 bits per heavy atom. The fraction of sp³-hybridized carbons (Fsp3) is 0.619. The van der Waals surface area contributed by atoms with Gasteiger partial charge in [-0.05, 0) is 49.4 Å². The second-order valence-corrected chi connectivity index (χ2v) is 6.37. The van der Waals surface area contributed by atoms with Gasteiger partial charge in [-0.15, -0.1) is 0 Å². The van der Waals surface area contributed by atoms with Crippen molar-refractivity contribution in [3.05, 3.63) is 0 Å². The van der Waals surface area contributed by atoms with Crippen molar-refractivity contribution >= 4 is 0 Å². The SMILES string of the molecule is CC#CC#CC1(C)OCC(CC2(C#CC#CC)OCC(C)CO2)CO1. The fourth-order valence-electron chi connectivity index (χ4n) is 2.49. The second kappa shape index (κ2) is 8.97. The van der Waals surface area contributed by atoms with Crippen molar-refractivity contribution in [3.8, 4) is 47.4 Å². The Morgan fingerprint density at radius 1 is 0.800 bits per heavy atom. The van der Waals surface area contributed by atoms with Crippen molar-refractivity contribution in [3.63, 3.8) is 0 Å². The molecule has 2 fully saturated rings. The molecule has 0 atom stereocenters. The molecule has 0 amide bonds. The lowest BCUT2D eigenvalue weighted by molar-refractivity contribution is -0.279. The predicted molar refractivity (Wildman–Crippen MR) is 94.7 cm³/mol. The van der Waals surface area contributed by atoms with Gasteiger partial charge in [0.25, 0.3) is 0 Å². The first-order valence-electron chi connectivity index (χ1n) is 8.44. The maximum Gasteiger partial charge on any atom is 0.234 e. The van der Waals surface area contributed by atoms with Crippen LogP contribution in [-0.2, 0) is 18.9 Å². The first-order valence-corrected chi connectivity index (χ1v) is 8.44. The number of ether oxygens (including phenoxy) is 4. The standard InChI is InChI=1S/C21H24O4/c1-5-7-9-11-20(4)22-16-19(17-23-20)13-21(12-10-8-6-2)24-14-18(3)15-25-21/h18-19H,13-17H2,1-4H3. The molecule has 2 heterocycles. The quantitative estimate of drug-likeness (QED) is 0.722. The largest absolute Gasteiger partial charge is 0.339 e. The van der Waals surface area contributed by atoms with Crippen molar-refractivity contribution in [1.82, 2.24) is 0 Å². The van der Waals surface area contributed by atoms with Crippen LogP contribution in [-0.4, -0.2) is 38.0 Å². The first-order chi connectivity index (χ1) is 12.0. The van der Waals surface area contributed by atoms with Gasteiger partial charge in [0.15, 0.2) is 0 Å². The van der Waals surface area contributed by atoms with E-state index >= 15 is 0 Å². The zero-order valence-corrected chi connectivity index (χ0v) is 15.3. The van der Waals surface area contributed by atoms with Gasteiger partial charge in [-0.3, -0.25) is 0 Å². The highest BCUT2D eigenvalue weighted by Gasteiger charge is 2.41. The third-order valence-corrected chi connectivity index (χ3v) is 3.87. The smallest absolute Gasteiger partial charge is 0.234 e. The summed E-state index contributed by atoms with van der Waals surface area (Å²) >= 11 is 0. The summed E-state index contributed by atoms with van der Waals surface area (Å²) in [6.45, 7) is 9.59. The summed E-state index contributed by atoms with van der Waals surface area (Å²) in [7, 11) is 0. The van der Waals surface area contributed by atoms with Gasteiger partial charge in [-0.2, -0.15) is 0 Å². The lowest BCUT2D eigenvalue weighted by atomic mass is 9.98. The zero-order valence-electron chi connectivity index (χ0n) is 15.3. The molecule has 2 aliphatic heterocycles. The normalized spacial score (nSPS) is 33.9. The van der Waals surface area contributed by atoms with Crippen LogP contribution in [0, 0.1) is 59.2 Å². The Morgan fingerprint density at radius 3 is 1.92 bits per heavy atom. The highest BCUT2D eigenvalue weighted by atomic mass is 16.7. The maximum absolute atomic E-state index is 5.94. The van der Waals surface area contributed by atoms with Crippen molar-refractivity contribution in [2.45, 2.75) is 45.7 Å². The fourth-order valence-corrected chi connectivity index (χ4v) is 2.49. The van der Waals surface area contributed by atoms with Crippen LogP contribution in [0.2, 0.25) is 0 Å². The third-order valence-electron chi connectivity index (χ3n) is 3.87. The lowest BCUT2D eigenvalue weighted by Gasteiger charge is -2.40. The second-order valence-electron chi connectivity index (χ2n) is 6.37. The van der Waals surface area contributed by atoms with Gasteiger partial charge in [0.05, 0.1) is 26.4 Å². The minimum Gasteiger partial charge on any atom is -0.339 e. The van der Waals surface area contributed by atoms with Crippen LogP contribution < -0.4 is 0 Å². The number of rotatable bonds is 2.